The number of hydrogen-bond donors (Lipinski definition) is 1. The van der Waals surface area contributed by atoms with Crippen LogP contribution in [0.3, 0.4) is 0 Å². The molecule has 0 radical (unpaired) electrons. The van der Waals surface area contributed by atoms with Crippen molar-refractivity contribution in [2.24, 2.45) is 11.8 Å². The summed E-state index contributed by atoms with van der Waals surface area (Å²) in [6, 6.07) is 0. The highest BCUT2D eigenvalue weighted by Gasteiger charge is 2.37. The van der Waals surface area contributed by atoms with Crippen LogP contribution in [0.4, 0.5) is 0 Å². The van der Waals surface area contributed by atoms with Gasteiger partial charge in [-0.15, -0.1) is 0 Å². The fourth-order valence-electron chi connectivity index (χ4n) is 3.21. The summed E-state index contributed by atoms with van der Waals surface area (Å²) >= 11 is 0. The molecule has 0 aromatic rings. The van der Waals surface area contributed by atoms with Gasteiger partial charge in [-0.2, -0.15) is 0 Å². The van der Waals surface area contributed by atoms with E-state index in [0.717, 1.165) is 24.0 Å². The molecule has 0 aromatic carbocycles. The lowest BCUT2D eigenvalue weighted by atomic mass is 9.76. The largest absolute Gasteiger partial charge is 0.462 e. The predicted octanol–water partition coefficient (Wildman–Crippen LogP) is 3.28. The number of carbonyl (C=O) groups excluding carboxylic acids is 2. The average Bonchev–Trinajstić information content (AvgIpc) is 2.49. The van der Waals surface area contributed by atoms with Crippen molar-refractivity contribution in [2.75, 3.05) is 6.61 Å². The fraction of sp³-hybridized carbons (Fsp3) is 0.500. The lowest BCUT2D eigenvalue weighted by Gasteiger charge is -2.33. The number of carbonyl (C=O) groups is 2. The first-order chi connectivity index (χ1) is 11.2. The molecular formula is C20H26O4. The van der Waals surface area contributed by atoms with Gasteiger partial charge in [-0.25, -0.2) is 4.79 Å². The lowest BCUT2D eigenvalue weighted by Crippen LogP contribution is -2.34. The average molecular weight is 330 g/mol. The van der Waals surface area contributed by atoms with E-state index in [2.05, 4.69) is 6.58 Å². The Morgan fingerprint density at radius 1 is 1.33 bits per heavy atom. The molecule has 4 nitrogen and oxygen atoms in total. The molecule has 1 aliphatic heterocycles. The molecule has 0 amide bonds. The summed E-state index contributed by atoms with van der Waals surface area (Å²) in [4.78, 5) is 24.3. The molecule has 2 atom stereocenters. The van der Waals surface area contributed by atoms with Crippen molar-refractivity contribution in [3.05, 3.63) is 47.6 Å². The number of hydrogen-bond acceptors (Lipinski definition) is 4. The molecule has 2 unspecified atom stereocenters. The summed E-state index contributed by atoms with van der Waals surface area (Å²) < 4.78 is 5.32. The first-order valence-electron chi connectivity index (χ1n) is 8.34. The van der Waals surface area contributed by atoms with Gasteiger partial charge < -0.3 is 9.84 Å². The monoisotopic (exact) mass is 330 g/mol. The van der Waals surface area contributed by atoms with E-state index in [9.17, 15) is 14.7 Å². The summed E-state index contributed by atoms with van der Waals surface area (Å²) in [5.74, 6) is -0.314. The SMILES string of the molecule is C=C1CC(=O)C=C(C)CCC2C(=CC=CC(C)(C)O)C(=O)OCC12. The second-order valence-electron chi connectivity index (χ2n) is 7.28. The number of cyclic esters (lactones) is 1. The van der Waals surface area contributed by atoms with Gasteiger partial charge in [-0.05, 0) is 39.7 Å². The maximum Gasteiger partial charge on any atom is 0.334 e. The van der Waals surface area contributed by atoms with Crippen LogP contribution in [0, 0.1) is 11.8 Å². The molecule has 0 spiro atoms. The second kappa shape index (κ2) is 7.31. The van der Waals surface area contributed by atoms with E-state index < -0.39 is 5.60 Å². The zero-order chi connectivity index (χ0) is 17.9. The van der Waals surface area contributed by atoms with E-state index in [4.69, 9.17) is 4.74 Å². The van der Waals surface area contributed by atoms with Gasteiger partial charge in [0, 0.05) is 23.8 Å². The van der Waals surface area contributed by atoms with E-state index >= 15 is 0 Å². The zero-order valence-corrected chi connectivity index (χ0v) is 14.7. The molecule has 0 bridgehead atoms. The quantitative estimate of drug-likeness (QED) is 0.479. The standard InChI is InChI=1S/C20H26O4/c1-13-7-8-16-17(6-5-9-20(3,4)23)19(22)24-12-18(16)14(2)11-15(21)10-13/h5-6,9-10,16,18,23H,2,7-8,11-12H2,1,3-4H3. The molecule has 4 heteroatoms. The maximum atomic E-state index is 12.2. The van der Waals surface area contributed by atoms with E-state index in [0.29, 0.717) is 12.0 Å². The van der Waals surface area contributed by atoms with Crippen molar-refractivity contribution >= 4 is 11.8 Å². The van der Waals surface area contributed by atoms with Crippen LogP contribution in [-0.2, 0) is 14.3 Å². The lowest BCUT2D eigenvalue weighted by molar-refractivity contribution is -0.144. The van der Waals surface area contributed by atoms with Crippen LogP contribution >= 0.6 is 0 Å². The highest BCUT2D eigenvalue weighted by molar-refractivity contribution is 5.93. The van der Waals surface area contributed by atoms with Gasteiger partial charge in [-0.3, -0.25) is 4.79 Å². The highest BCUT2D eigenvalue weighted by Crippen LogP contribution is 2.38. The Morgan fingerprint density at radius 3 is 2.71 bits per heavy atom. The highest BCUT2D eigenvalue weighted by atomic mass is 16.5. The molecule has 24 heavy (non-hydrogen) atoms. The summed E-state index contributed by atoms with van der Waals surface area (Å²) in [7, 11) is 0. The zero-order valence-electron chi connectivity index (χ0n) is 14.7. The van der Waals surface area contributed by atoms with Crippen LogP contribution < -0.4 is 0 Å². The van der Waals surface area contributed by atoms with E-state index in [-0.39, 0.29) is 30.2 Å². The Bertz CT molecular complexity index is 629. The number of rotatable bonds is 2. The van der Waals surface area contributed by atoms with Crippen molar-refractivity contribution < 1.29 is 19.4 Å². The van der Waals surface area contributed by atoms with Crippen LogP contribution in [0.5, 0.6) is 0 Å². The van der Waals surface area contributed by atoms with E-state index in [1.54, 1.807) is 38.2 Å². The molecule has 1 saturated heterocycles. The molecule has 2 aliphatic rings. The number of ether oxygens (including phenoxy) is 1. The van der Waals surface area contributed by atoms with Crippen LogP contribution in [-0.4, -0.2) is 29.1 Å². The Hall–Kier alpha value is -1.94. The molecule has 0 aromatic heterocycles. The number of esters is 1. The van der Waals surface area contributed by atoms with Gasteiger partial charge >= 0.3 is 5.97 Å². The summed E-state index contributed by atoms with van der Waals surface area (Å²) in [5.41, 5.74) is 1.50. The first-order valence-corrected chi connectivity index (χ1v) is 8.34. The van der Waals surface area contributed by atoms with Gasteiger partial charge in [0.1, 0.15) is 0 Å². The number of fused-ring (bicyclic) bond motifs is 1. The third kappa shape index (κ3) is 4.78. The van der Waals surface area contributed by atoms with Gasteiger partial charge in [-0.1, -0.05) is 36.0 Å². The molecule has 1 N–H and O–H groups in total. The fourth-order valence-corrected chi connectivity index (χ4v) is 3.21. The maximum absolute atomic E-state index is 12.2. The minimum Gasteiger partial charge on any atom is -0.462 e. The second-order valence-corrected chi connectivity index (χ2v) is 7.28. The van der Waals surface area contributed by atoms with Gasteiger partial charge in [0.2, 0.25) is 0 Å². The molecular weight excluding hydrogens is 304 g/mol. The van der Waals surface area contributed by atoms with Crippen molar-refractivity contribution in [3.63, 3.8) is 0 Å². The van der Waals surface area contributed by atoms with E-state index in [1.165, 1.54) is 0 Å². The Morgan fingerprint density at radius 2 is 2.04 bits per heavy atom. The molecule has 1 fully saturated rings. The number of ketones is 1. The molecule has 130 valence electrons. The van der Waals surface area contributed by atoms with Crippen molar-refractivity contribution in [2.45, 2.75) is 45.6 Å². The van der Waals surface area contributed by atoms with Crippen LogP contribution in [0.15, 0.2) is 47.6 Å². The minimum atomic E-state index is -0.942. The third-order valence-corrected chi connectivity index (χ3v) is 4.48. The summed E-state index contributed by atoms with van der Waals surface area (Å²) in [5, 5.41) is 9.78. The van der Waals surface area contributed by atoms with Crippen molar-refractivity contribution in [1.29, 1.82) is 0 Å². The summed E-state index contributed by atoms with van der Waals surface area (Å²) in [6.07, 6.45) is 8.57. The Kier molecular flexibility index (Phi) is 5.60. The van der Waals surface area contributed by atoms with Crippen molar-refractivity contribution in [1.82, 2.24) is 0 Å². The first kappa shape index (κ1) is 18.4. The molecule has 0 saturated carbocycles. The summed E-state index contributed by atoms with van der Waals surface area (Å²) in [6.45, 7) is 9.64. The molecule has 1 heterocycles. The van der Waals surface area contributed by atoms with Gasteiger partial charge in [0.25, 0.3) is 0 Å². The Balaban J connectivity index is 2.33. The van der Waals surface area contributed by atoms with Crippen LogP contribution in [0.25, 0.3) is 0 Å². The third-order valence-electron chi connectivity index (χ3n) is 4.48. The van der Waals surface area contributed by atoms with Gasteiger partial charge in [0.15, 0.2) is 5.78 Å². The van der Waals surface area contributed by atoms with Crippen LogP contribution in [0.1, 0.15) is 40.0 Å². The number of aliphatic hydroxyl groups is 1. The van der Waals surface area contributed by atoms with Crippen molar-refractivity contribution in [3.8, 4) is 0 Å². The van der Waals surface area contributed by atoms with Crippen LogP contribution in [0.2, 0.25) is 0 Å². The topological polar surface area (TPSA) is 63.6 Å². The molecule has 1 aliphatic carbocycles. The predicted molar refractivity (Wildman–Crippen MR) is 93.2 cm³/mol. The normalized spacial score (nSPS) is 28.1. The molecule has 2 rings (SSSR count). The smallest absolute Gasteiger partial charge is 0.334 e. The Labute approximate surface area is 143 Å². The minimum absolute atomic E-state index is 0.0144. The van der Waals surface area contributed by atoms with E-state index in [1.807, 2.05) is 6.92 Å². The number of allylic oxidation sites excluding steroid dienone is 4. The van der Waals surface area contributed by atoms with Gasteiger partial charge in [0.05, 0.1) is 12.2 Å².